The molecule has 2 N–H and O–H groups in total. The minimum atomic E-state index is -2.85. The van der Waals surface area contributed by atoms with Crippen molar-refractivity contribution in [3.05, 3.63) is 28.2 Å². The zero-order valence-electron chi connectivity index (χ0n) is 11.4. The minimum absolute atomic E-state index is 0.138. The Morgan fingerprint density at radius 1 is 1.30 bits per heavy atom. The number of halogens is 3. The smallest absolute Gasteiger partial charge is 0.387 e. The molecule has 4 nitrogen and oxygen atoms in total. The summed E-state index contributed by atoms with van der Waals surface area (Å²) < 4.78 is 30.0. The van der Waals surface area contributed by atoms with Crippen LogP contribution >= 0.6 is 15.9 Å². The van der Waals surface area contributed by atoms with E-state index in [2.05, 4.69) is 36.3 Å². The fourth-order valence-electron chi connectivity index (χ4n) is 1.56. The van der Waals surface area contributed by atoms with Gasteiger partial charge in [0.05, 0.1) is 6.54 Å². The third kappa shape index (κ3) is 5.73. The van der Waals surface area contributed by atoms with Crippen LogP contribution in [0.25, 0.3) is 0 Å². The largest absolute Gasteiger partial charge is 0.434 e. The van der Waals surface area contributed by atoms with Crippen molar-refractivity contribution in [3.63, 3.8) is 0 Å². The molecule has 0 atom stereocenters. The summed E-state index contributed by atoms with van der Waals surface area (Å²) in [6.07, 6.45) is 0. The molecule has 112 valence electrons. The maximum atomic E-state index is 12.3. The molecular weight excluding hydrogens is 332 g/mol. The summed E-state index contributed by atoms with van der Waals surface area (Å²) in [6, 6.07) is 4.87. The maximum Gasteiger partial charge on any atom is 0.387 e. The van der Waals surface area contributed by atoms with Gasteiger partial charge in [0.25, 0.3) is 0 Å². The molecule has 0 aromatic heterocycles. The molecule has 0 fully saturated rings. The van der Waals surface area contributed by atoms with Crippen LogP contribution in [0.1, 0.15) is 19.4 Å². The first-order chi connectivity index (χ1) is 9.56. The van der Waals surface area contributed by atoms with Crippen molar-refractivity contribution in [2.75, 3.05) is 13.1 Å². The molecular formula is C13H18BrF2N3O. The van der Waals surface area contributed by atoms with Gasteiger partial charge in [-0.2, -0.15) is 8.78 Å². The number of benzene rings is 1. The molecule has 20 heavy (non-hydrogen) atoms. The Kier molecular flexibility index (Phi) is 7.28. The van der Waals surface area contributed by atoms with Gasteiger partial charge in [-0.05, 0) is 32.0 Å². The third-order valence-electron chi connectivity index (χ3n) is 2.33. The monoisotopic (exact) mass is 349 g/mol. The SMILES string of the molecule is CCNC(=NCc1cc(Br)ccc1OC(F)F)NCC. The summed E-state index contributed by atoms with van der Waals surface area (Å²) >= 11 is 3.31. The highest BCUT2D eigenvalue weighted by Gasteiger charge is 2.10. The fraction of sp³-hybridized carbons (Fsp3) is 0.462. The summed E-state index contributed by atoms with van der Waals surface area (Å²) in [4.78, 5) is 4.33. The molecule has 0 heterocycles. The Bertz CT molecular complexity index is 447. The highest BCUT2D eigenvalue weighted by Crippen LogP contribution is 2.25. The van der Waals surface area contributed by atoms with Crippen molar-refractivity contribution in [1.29, 1.82) is 0 Å². The van der Waals surface area contributed by atoms with Gasteiger partial charge in [-0.25, -0.2) is 4.99 Å². The number of hydrogen-bond donors (Lipinski definition) is 2. The molecule has 0 unspecified atom stereocenters. The molecule has 0 aliphatic carbocycles. The number of ether oxygens (including phenoxy) is 1. The van der Waals surface area contributed by atoms with Gasteiger partial charge in [0, 0.05) is 23.1 Å². The summed E-state index contributed by atoms with van der Waals surface area (Å²) in [6.45, 7) is 2.77. The van der Waals surface area contributed by atoms with Crippen LogP contribution in [0, 0.1) is 0 Å². The van der Waals surface area contributed by atoms with E-state index in [0.29, 0.717) is 11.5 Å². The predicted molar refractivity (Wildman–Crippen MR) is 79.3 cm³/mol. The Balaban J connectivity index is 2.88. The molecule has 1 aromatic rings. The van der Waals surface area contributed by atoms with E-state index in [1.807, 2.05) is 13.8 Å². The molecule has 0 radical (unpaired) electrons. The van der Waals surface area contributed by atoms with Crippen molar-refractivity contribution in [1.82, 2.24) is 10.6 Å². The van der Waals surface area contributed by atoms with Crippen LogP contribution in [0.15, 0.2) is 27.7 Å². The number of nitrogens with zero attached hydrogens (tertiary/aromatic N) is 1. The van der Waals surface area contributed by atoms with Gasteiger partial charge in [-0.15, -0.1) is 0 Å². The standard InChI is InChI=1S/C13H18BrF2N3O/c1-3-17-13(18-4-2)19-8-9-7-10(14)5-6-11(9)20-12(15)16/h5-7,12H,3-4,8H2,1-2H3,(H2,17,18,19). The molecule has 0 saturated heterocycles. The van der Waals surface area contributed by atoms with E-state index in [-0.39, 0.29) is 12.3 Å². The number of aliphatic imine (C=N–C) groups is 1. The van der Waals surface area contributed by atoms with E-state index >= 15 is 0 Å². The van der Waals surface area contributed by atoms with Crippen LogP contribution in [0.4, 0.5) is 8.78 Å². The predicted octanol–water partition coefficient (Wildman–Crippen LogP) is 3.13. The van der Waals surface area contributed by atoms with Crippen molar-refractivity contribution in [3.8, 4) is 5.75 Å². The number of alkyl halides is 2. The van der Waals surface area contributed by atoms with E-state index in [4.69, 9.17) is 0 Å². The van der Waals surface area contributed by atoms with Gasteiger partial charge >= 0.3 is 6.61 Å². The van der Waals surface area contributed by atoms with Gasteiger partial charge < -0.3 is 15.4 Å². The third-order valence-corrected chi connectivity index (χ3v) is 2.83. The second-order valence-electron chi connectivity index (χ2n) is 3.86. The maximum absolute atomic E-state index is 12.3. The van der Waals surface area contributed by atoms with Gasteiger partial charge in [0.15, 0.2) is 5.96 Å². The molecule has 0 aliphatic heterocycles. The van der Waals surface area contributed by atoms with Gasteiger partial charge in [0.2, 0.25) is 0 Å². The number of rotatable bonds is 6. The number of hydrogen-bond acceptors (Lipinski definition) is 2. The zero-order chi connectivity index (χ0) is 15.0. The van der Waals surface area contributed by atoms with E-state index in [1.54, 1.807) is 12.1 Å². The first kappa shape index (κ1) is 16.7. The lowest BCUT2D eigenvalue weighted by atomic mass is 10.2. The van der Waals surface area contributed by atoms with Crippen molar-refractivity contribution >= 4 is 21.9 Å². The average molecular weight is 350 g/mol. The molecule has 0 aliphatic rings. The molecule has 0 saturated carbocycles. The zero-order valence-corrected chi connectivity index (χ0v) is 13.0. The van der Waals surface area contributed by atoms with Crippen molar-refractivity contribution in [2.24, 2.45) is 4.99 Å². The van der Waals surface area contributed by atoms with E-state index in [0.717, 1.165) is 17.6 Å². The van der Waals surface area contributed by atoms with Crippen LogP contribution in [-0.4, -0.2) is 25.7 Å². The fourth-order valence-corrected chi connectivity index (χ4v) is 1.96. The van der Waals surface area contributed by atoms with Crippen LogP contribution in [-0.2, 0) is 6.54 Å². The summed E-state index contributed by atoms with van der Waals surface area (Å²) in [5.74, 6) is 0.775. The second-order valence-corrected chi connectivity index (χ2v) is 4.77. The number of nitrogens with one attached hydrogen (secondary N) is 2. The van der Waals surface area contributed by atoms with E-state index in [9.17, 15) is 8.78 Å². The Labute approximate surface area is 125 Å². The van der Waals surface area contributed by atoms with Gasteiger partial charge in [-0.1, -0.05) is 15.9 Å². The Morgan fingerprint density at radius 3 is 2.50 bits per heavy atom. The first-order valence-corrected chi connectivity index (χ1v) is 7.11. The first-order valence-electron chi connectivity index (χ1n) is 6.32. The van der Waals surface area contributed by atoms with E-state index < -0.39 is 6.61 Å². The Morgan fingerprint density at radius 2 is 1.95 bits per heavy atom. The van der Waals surface area contributed by atoms with Crippen molar-refractivity contribution < 1.29 is 13.5 Å². The lowest BCUT2D eigenvalue weighted by molar-refractivity contribution is -0.0504. The van der Waals surface area contributed by atoms with Gasteiger partial charge in [0.1, 0.15) is 5.75 Å². The molecule has 0 amide bonds. The quantitative estimate of drug-likeness (QED) is 0.612. The second kappa shape index (κ2) is 8.73. The normalized spacial score (nSPS) is 10.3. The molecule has 7 heteroatoms. The van der Waals surface area contributed by atoms with Crippen LogP contribution < -0.4 is 15.4 Å². The summed E-state index contributed by atoms with van der Waals surface area (Å²) in [5.41, 5.74) is 0.591. The summed E-state index contributed by atoms with van der Waals surface area (Å²) in [7, 11) is 0. The highest BCUT2D eigenvalue weighted by molar-refractivity contribution is 9.10. The van der Waals surface area contributed by atoms with Crippen LogP contribution in [0.3, 0.4) is 0 Å². The molecule has 1 aromatic carbocycles. The molecule has 0 spiro atoms. The van der Waals surface area contributed by atoms with Crippen LogP contribution in [0.5, 0.6) is 5.75 Å². The summed E-state index contributed by atoms with van der Waals surface area (Å²) in [5, 5.41) is 6.13. The topological polar surface area (TPSA) is 45.7 Å². The molecule has 0 bridgehead atoms. The van der Waals surface area contributed by atoms with Gasteiger partial charge in [-0.3, -0.25) is 0 Å². The average Bonchev–Trinajstić information content (AvgIpc) is 2.39. The van der Waals surface area contributed by atoms with Crippen LogP contribution in [0.2, 0.25) is 0 Å². The number of guanidine groups is 1. The highest BCUT2D eigenvalue weighted by atomic mass is 79.9. The Hall–Kier alpha value is -1.37. The lowest BCUT2D eigenvalue weighted by Crippen LogP contribution is -2.36. The lowest BCUT2D eigenvalue weighted by Gasteiger charge is -2.12. The minimum Gasteiger partial charge on any atom is -0.434 e. The van der Waals surface area contributed by atoms with E-state index in [1.165, 1.54) is 6.07 Å². The van der Waals surface area contributed by atoms with Crippen molar-refractivity contribution in [2.45, 2.75) is 27.0 Å². The molecule has 1 rings (SSSR count).